The molecule has 3 heterocycles. The number of hydrogen-bond acceptors (Lipinski definition) is 4. The van der Waals surface area contributed by atoms with Crippen LogP contribution in [-0.2, 0) is 4.79 Å². The summed E-state index contributed by atoms with van der Waals surface area (Å²) in [5.74, 6) is 0.572. The van der Waals surface area contributed by atoms with E-state index in [1.807, 2.05) is 6.07 Å². The minimum absolute atomic E-state index is 0.0196. The van der Waals surface area contributed by atoms with E-state index in [1.54, 1.807) is 22.3 Å². The Morgan fingerprint density at radius 3 is 2.65 bits per heavy atom. The first-order valence-corrected chi connectivity index (χ1v) is 10.1. The summed E-state index contributed by atoms with van der Waals surface area (Å²) < 4.78 is 4.99. The molecular weight excluding hydrogens is 348 g/mol. The molecule has 1 saturated heterocycles. The van der Waals surface area contributed by atoms with Crippen LogP contribution < -0.4 is 5.32 Å². The Labute approximate surface area is 158 Å². The SMILES string of the molecule is CC(C)C[C@@H](NC(=O)C1CCN(C(=O)c2ccoc2)CC1)c1cccs1. The van der Waals surface area contributed by atoms with E-state index in [2.05, 4.69) is 30.6 Å². The highest BCUT2D eigenvalue weighted by Crippen LogP contribution is 2.27. The van der Waals surface area contributed by atoms with Crippen LogP contribution in [0.25, 0.3) is 0 Å². The molecule has 0 unspecified atom stereocenters. The average Bonchev–Trinajstić information content (AvgIpc) is 3.34. The summed E-state index contributed by atoms with van der Waals surface area (Å²) in [5, 5.41) is 5.30. The zero-order valence-electron chi connectivity index (χ0n) is 15.3. The second-order valence-electron chi connectivity index (χ2n) is 7.28. The molecule has 0 saturated carbocycles. The molecule has 1 fully saturated rings. The fourth-order valence-corrected chi connectivity index (χ4v) is 4.20. The van der Waals surface area contributed by atoms with Gasteiger partial charge in [0.2, 0.25) is 5.91 Å². The quantitative estimate of drug-likeness (QED) is 0.828. The van der Waals surface area contributed by atoms with Crippen molar-refractivity contribution in [1.29, 1.82) is 0 Å². The summed E-state index contributed by atoms with van der Waals surface area (Å²) in [5.41, 5.74) is 0.572. The maximum absolute atomic E-state index is 12.8. The summed E-state index contributed by atoms with van der Waals surface area (Å²) in [6.45, 7) is 5.56. The van der Waals surface area contributed by atoms with Crippen molar-refractivity contribution in [3.8, 4) is 0 Å². The van der Waals surface area contributed by atoms with Crippen LogP contribution in [-0.4, -0.2) is 29.8 Å². The predicted molar refractivity (Wildman–Crippen MR) is 102 cm³/mol. The van der Waals surface area contributed by atoms with Crippen molar-refractivity contribution in [3.05, 3.63) is 46.5 Å². The van der Waals surface area contributed by atoms with Crippen LogP contribution in [0.4, 0.5) is 0 Å². The topological polar surface area (TPSA) is 62.6 Å². The average molecular weight is 375 g/mol. The van der Waals surface area contributed by atoms with E-state index in [4.69, 9.17) is 4.42 Å². The molecule has 0 bridgehead atoms. The normalized spacial score (nSPS) is 16.7. The third kappa shape index (κ3) is 4.55. The molecule has 1 aliphatic rings. The van der Waals surface area contributed by atoms with Gasteiger partial charge >= 0.3 is 0 Å². The Hall–Kier alpha value is -2.08. The van der Waals surface area contributed by atoms with E-state index in [9.17, 15) is 9.59 Å². The Morgan fingerprint density at radius 1 is 1.31 bits per heavy atom. The van der Waals surface area contributed by atoms with Crippen LogP contribution in [0.3, 0.4) is 0 Å². The molecule has 2 aromatic rings. The molecule has 0 aliphatic carbocycles. The van der Waals surface area contributed by atoms with Crippen LogP contribution in [0.2, 0.25) is 0 Å². The summed E-state index contributed by atoms with van der Waals surface area (Å²) in [6.07, 6.45) is 5.32. The van der Waals surface area contributed by atoms with Crippen LogP contribution >= 0.6 is 11.3 Å². The number of likely N-dealkylation sites (tertiary alicyclic amines) is 1. The summed E-state index contributed by atoms with van der Waals surface area (Å²) in [4.78, 5) is 28.1. The van der Waals surface area contributed by atoms with Crippen molar-refractivity contribution in [3.63, 3.8) is 0 Å². The van der Waals surface area contributed by atoms with E-state index >= 15 is 0 Å². The second-order valence-corrected chi connectivity index (χ2v) is 8.26. The van der Waals surface area contributed by atoms with Gasteiger partial charge in [-0.25, -0.2) is 0 Å². The smallest absolute Gasteiger partial charge is 0.257 e. The van der Waals surface area contributed by atoms with Gasteiger partial charge in [0.25, 0.3) is 5.91 Å². The van der Waals surface area contributed by atoms with Gasteiger partial charge in [-0.3, -0.25) is 9.59 Å². The zero-order chi connectivity index (χ0) is 18.5. The third-order valence-corrected chi connectivity index (χ3v) is 5.82. The molecule has 3 rings (SSSR count). The van der Waals surface area contributed by atoms with Crippen molar-refractivity contribution in [2.75, 3.05) is 13.1 Å². The summed E-state index contributed by atoms with van der Waals surface area (Å²) in [6, 6.07) is 5.87. The molecular formula is C20H26N2O3S. The van der Waals surface area contributed by atoms with Crippen molar-refractivity contribution >= 4 is 23.2 Å². The van der Waals surface area contributed by atoms with Gasteiger partial charge in [-0.05, 0) is 42.7 Å². The molecule has 2 amide bonds. The van der Waals surface area contributed by atoms with Gasteiger partial charge in [-0.1, -0.05) is 19.9 Å². The number of carbonyl (C=O) groups excluding carboxylic acids is 2. The molecule has 1 N–H and O–H groups in total. The molecule has 0 radical (unpaired) electrons. The van der Waals surface area contributed by atoms with Crippen LogP contribution in [0.15, 0.2) is 40.5 Å². The Morgan fingerprint density at radius 2 is 2.08 bits per heavy atom. The van der Waals surface area contributed by atoms with E-state index < -0.39 is 0 Å². The molecule has 26 heavy (non-hydrogen) atoms. The first kappa shape index (κ1) is 18.7. The van der Waals surface area contributed by atoms with E-state index in [1.165, 1.54) is 17.4 Å². The maximum atomic E-state index is 12.8. The van der Waals surface area contributed by atoms with Gasteiger partial charge in [0.1, 0.15) is 6.26 Å². The van der Waals surface area contributed by atoms with Crippen molar-refractivity contribution in [1.82, 2.24) is 10.2 Å². The lowest BCUT2D eigenvalue weighted by molar-refractivity contribution is -0.127. The van der Waals surface area contributed by atoms with Gasteiger partial charge in [-0.15, -0.1) is 11.3 Å². The molecule has 140 valence electrons. The molecule has 1 atom stereocenters. The lowest BCUT2D eigenvalue weighted by Crippen LogP contribution is -2.43. The zero-order valence-corrected chi connectivity index (χ0v) is 16.1. The van der Waals surface area contributed by atoms with Crippen LogP contribution in [0.5, 0.6) is 0 Å². The van der Waals surface area contributed by atoms with Gasteiger partial charge < -0.3 is 14.6 Å². The van der Waals surface area contributed by atoms with Gasteiger partial charge in [0, 0.05) is 23.9 Å². The number of hydrogen-bond donors (Lipinski definition) is 1. The second kappa shape index (κ2) is 8.54. The number of amides is 2. The highest BCUT2D eigenvalue weighted by molar-refractivity contribution is 7.10. The Kier molecular flexibility index (Phi) is 6.14. The number of piperidine rings is 1. The number of furan rings is 1. The Balaban J connectivity index is 1.55. The fourth-order valence-electron chi connectivity index (χ4n) is 3.41. The van der Waals surface area contributed by atoms with Crippen molar-refractivity contribution in [2.45, 2.75) is 39.2 Å². The van der Waals surface area contributed by atoms with E-state index in [0.29, 0.717) is 37.4 Å². The first-order valence-electron chi connectivity index (χ1n) is 9.20. The first-order chi connectivity index (χ1) is 12.5. The van der Waals surface area contributed by atoms with Crippen LogP contribution in [0.1, 0.15) is 54.4 Å². The maximum Gasteiger partial charge on any atom is 0.257 e. The fraction of sp³-hybridized carbons (Fsp3) is 0.500. The molecule has 5 nitrogen and oxygen atoms in total. The molecule has 2 aromatic heterocycles. The standard InChI is InChI=1S/C20H26N2O3S/c1-14(2)12-17(18-4-3-11-26-18)21-19(23)15-5-8-22(9-6-15)20(24)16-7-10-25-13-16/h3-4,7,10-11,13-15,17H,5-6,8-9,12H2,1-2H3,(H,21,23)/t17-/m1/s1. The largest absolute Gasteiger partial charge is 0.472 e. The number of rotatable bonds is 6. The molecule has 1 aliphatic heterocycles. The van der Waals surface area contributed by atoms with Crippen molar-refractivity contribution in [2.24, 2.45) is 11.8 Å². The molecule has 0 aromatic carbocycles. The van der Waals surface area contributed by atoms with Gasteiger partial charge in [-0.2, -0.15) is 0 Å². The number of carbonyl (C=O) groups is 2. The Bertz CT molecular complexity index is 702. The van der Waals surface area contributed by atoms with Gasteiger partial charge in [0.15, 0.2) is 0 Å². The predicted octanol–water partition coefficient (Wildman–Crippen LogP) is 4.10. The lowest BCUT2D eigenvalue weighted by atomic mass is 9.94. The minimum atomic E-state index is -0.0296. The summed E-state index contributed by atoms with van der Waals surface area (Å²) in [7, 11) is 0. The highest BCUT2D eigenvalue weighted by Gasteiger charge is 2.29. The monoisotopic (exact) mass is 374 g/mol. The lowest BCUT2D eigenvalue weighted by Gasteiger charge is -2.32. The minimum Gasteiger partial charge on any atom is -0.472 e. The van der Waals surface area contributed by atoms with Crippen LogP contribution in [0, 0.1) is 11.8 Å². The van der Waals surface area contributed by atoms with E-state index in [0.717, 1.165) is 6.42 Å². The highest BCUT2D eigenvalue weighted by atomic mass is 32.1. The van der Waals surface area contributed by atoms with Crippen molar-refractivity contribution < 1.29 is 14.0 Å². The summed E-state index contributed by atoms with van der Waals surface area (Å²) >= 11 is 1.69. The van der Waals surface area contributed by atoms with E-state index in [-0.39, 0.29) is 23.8 Å². The third-order valence-electron chi connectivity index (χ3n) is 4.83. The number of nitrogens with one attached hydrogen (secondary N) is 1. The van der Waals surface area contributed by atoms with Gasteiger partial charge in [0.05, 0.1) is 17.9 Å². The molecule has 6 heteroatoms. The molecule has 0 spiro atoms. The number of thiophene rings is 1. The number of nitrogens with zero attached hydrogens (tertiary/aromatic N) is 1.